The second-order valence-corrected chi connectivity index (χ2v) is 3.60. The summed E-state index contributed by atoms with van der Waals surface area (Å²) in [6, 6.07) is 8.71. The number of carbonyl (C=O) groups is 1. The molecular weight excluding hydrogens is 240 g/mol. The second-order valence-electron chi connectivity index (χ2n) is 3.60. The number of amides is 1. The summed E-state index contributed by atoms with van der Waals surface area (Å²) in [5, 5.41) is 11.7. The third-order valence-electron chi connectivity index (χ3n) is 2.30. The van der Waals surface area contributed by atoms with E-state index in [9.17, 15) is 18.7 Å². The third-order valence-corrected chi connectivity index (χ3v) is 2.30. The highest BCUT2D eigenvalue weighted by Crippen LogP contribution is 2.21. The van der Waals surface area contributed by atoms with Gasteiger partial charge in [-0.15, -0.1) is 0 Å². The molecule has 0 radical (unpaired) electrons. The molecule has 0 aromatic heterocycles. The van der Waals surface area contributed by atoms with Crippen LogP contribution in [0.15, 0.2) is 42.5 Å². The summed E-state index contributed by atoms with van der Waals surface area (Å²) in [5.74, 6) is -2.67. The summed E-state index contributed by atoms with van der Waals surface area (Å²) in [6.07, 6.45) is 0. The SMILES string of the molecule is O=C(Nc1cccc(F)c1)c1c(O)cccc1F. The number of nitrogens with one attached hydrogen (secondary N) is 1. The Kier molecular flexibility index (Phi) is 3.23. The number of halogens is 2. The molecule has 0 saturated carbocycles. The monoisotopic (exact) mass is 249 g/mol. The number of phenolic OH excluding ortho intramolecular Hbond substituents is 1. The lowest BCUT2D eigenvalue weighted by Gasteiger charge is -2.07. The zero-order valence-corrected chi connectivity index (χ0v) is 9.15. The average Bonchev–Trinajstić information content (AvgIpc) is 2.28. The van der Waals surface area contributed by atoms with Crippen molar-refractivity contribution in [2.24, 2.45) is 0 Å². The number of aromatic hydroxyl groups is 1. The topological polar surface area (TPSA) is 49.3 Å². The summed E-state index contributed by atoms with van der Waals surface area (Å²) in [5.41, 5.74) is -0.288. The first-order valence-electron chi connectivity index (χ1n) is 5.12. The highest BCUT2D eigenvalue weighted by Gasteiger charge is 2.16. The van der Waals surface area contributed by atoms with Gasteiger partial charge in [-0.2, -0.15) is 0 Å². The van der Waals surface area contributed by atoms with Crippen LogP contribution in [0, 0.1) is 11.6 Å². The fourth-order valence-corrected chi connectivity index (χ4v) is 1.50. The van der Waals surface area contributed by atoms with Gasteiger partial charge >= 0.3 is 0 Å². The van der Waals surface area contributed by atoms with Crippen molar-refractivity contribution in [3.05, 3.63) is 59.7 Å². The van der Waals surface area contributed by atoms with E-state index in [0.717, 1.165) is 12.1 Å². The van der Waals surface area contributed by atoms with E-state index in [2.05, 4.69) is 5.32 Å². The molecule has 3 nitrogen and oxygen atoms in total. The maximum Gasteiger partial charge on any atom is 0.262 e. The maximum atomic E-state index is 13.4. The van der Waals surface area contributed by atoms with Crippen molar-refractivity contribution in [3.8, 4) is 5.75 Å². The van der Waals surface area contributed by atoms with Crippen molar-refractivity contribution in [1.29, 1.82) is 0 Å². The van der Waals surface area contributed by atoms with Crippen LogP contribution < -0.4 is 5.32 Å². The predicted molar refractivity (Wildman–Crippen MR) is 62.4 cm³/mol. The lowest BCUT2D eigenvalue weighted by molar-refractivity contribution is 0.102. The predicted octanol–water partition coefficient (Wildman–Crippen LogP) is 2.92. The van der Waals surface area contributed by atoms with Crippen LogP contribution in [0.5, 0.6) is 5.75 Å². The van der Waals surface area contributed by atoms with Crippen LogP contribution in [-0.4, -0.2) is 11.0 Å². The van der Waals surface area contributed by atoms with Crippen LogP contribution in [0.25, 0.3) is 0 Å². The molecule has 0 aliphatic rings. The molecule has 0 fully saturated rings. The van der Waals surface area contributed by atoms with Gasteiger partial charge in [-0.25, -0.2) is 8.78 Å². The molecule has 2 rings (SSSR count). The minimum absolute atomic E-state index is 0.183. The summed E-state index contributed by atoms with van der Waals surface area (Å²) in [4.78, 5) is 11.7. The Labute approximate surface area is 102 Å². The molecule has 92 valence electrons. The van der Waals surface area contributed by atoms with Gasteiger partial charge in [0.05, 0.1) is 0 Å². The molecule has 2 N–H and O–H groups in total. The van der Waals surface area contributed by atoms with Crippen LogP contribution in [0.1, 0.15) is 10.4 Å². The van der Waals surface area contributed by atoms with E-state index in [-0.39, 0.29) is 5.69 Å². The second kappa shape index (κ2) is 4.83. The number of carbonyl (C=O) groups excluding carboxylic acids is 1. The maximum absolute atomic E-state index is 13.4. The molecule has 0 bridgehead atoms. The van der Waals surface area contributed by atoms with Crippen LogP contribution in [-0.2, 0) is 0 Å². The zero-order valence-electron chi connectivity index (χ0n) is 9.15. The van der Waals surface area contributed by atoms with Gasteiger partial charge in [0.15, 0.2) is 0 Å². The molecule has 1 amide bonds. The summed E-state index contributed by atoms with van der Waals surface area (Å²) in [6.45, 7) is 0. The molecule has 0 heterocycles. The minimum atomic E-state index is -0.844. The van der Waals surface area contributed by atoms with E-state index >= 15 is 0 Å². The Hall–Kier alpha value is -2.43. The van der Waals surface area contributed by atoms with Gasteiger partial charge in [0, 0.05) is 5.69 Å². The van der Waals surface area contributed by atoms with E-state index < -0.39 is 28.9 Å². The van der Waals surface area contributed by atoms with Crippen molar-refractivity contribution in [3.63, 3.8) is 0 Å². The fraction of sp³-hybridized carbons (Fsp3) is 0. The molecule has 18 heavy (non-hydrogen) atoms. The van der Waals surface area contributed by atoms with E-state index in [1.807, 2.05) is 0 Å². The summed E-state index contributed by atoms with van der Waals surface area (Å²) < 4.78 is 26.3. The molecule has 5 heteroatoms. The van der Waals surface area contributed by atoms with Gasteiger partial charge in [0.25, 0.3) is 5.91 Å². The van der Waals surface area contributed by atoms with Crippen LogP contribution in [0.2, 0.25) is 0 Å². The molecule has 0 saturated heterocycles. The molecule has 2 aromatic rings. The van der Waals surface area contributed by atoms with Crippen LogP contribution in [0.4, 0.5) is 14.5 Å². The van der Waals surface area contributed by atoms with E-state index in [1.165, 1.54) is 30.3 Å². The number of hydrogen-bond acceptors (Lipinski definition) is 2. The fourth-order valence-electron chi connectivity index (χ4n) is 1.50. The van der Waals surface area contributed by atoms with Gasteiger partial charge in [-0.1, -0.05) is 12.1 Å². The number of anilines is 1. The van der Waals surface area contributed by atoms with E-state index in [4.69, 9.17) is 0 Å². The molecule has 0 spiro atoms. The number of benzene rings is 2. The Morgan fingerprint density at radius 2 is 1.83 bits per heavy atom. The summed E-state index contributed by atoms with van der Waals surface area (Å²) >= 11 is 0. The standard InChI is InChI=1S/C13H9F2NO2/c14-8-3-1-4-9(7-8)16-13(18)12-10(15)5-2-6-11(12)17/h1-7,17H,(H,16,18). The first-order chi connectivity index (χ1) is 8.58. The highest BCUT2D eigenvalue weighted by molar-refractivity contribution is 6.06. The van der Waals surface area contributed by atoms with Crippen molar-refractivity contribution in [2.45, 2.75) is 0 Å². The third kappa shape index (κ3) is 2.45. The molecular formula is C13H9F2NO2. The molecule has 0 unspecified atom stereocenters. The van der Waals surface area contributed by atoms with Gasteiger partial charge in [0.1, 0.15) is 22.9 Å². The van der Waals surface area contributed by atoms with Crippen molar-refractivity contribution in [1.82, 2.24) is 0 Å². The zero-order chi connectivity index (χ0) is 13.1. The van der Waals surface area contributed by atoms with Crippen molar-refractivity contribution in [2.75, 3.05) is 5.32 Å². The largest absolute Gasteiger partial charge is 0.507 e. The lowest BCUT2D eigenvalue weighted by Crippen LogP contribution is -2.14. The van der Waals surface area contributed by atoms with E-state index in [1.54, 1.807) is 0 Å². The lowest BCUT2D eigenvalue weighted by atomic mass is 10.1. The first kappa shape index (κ1) is 12.0. The number of hydrogen-bond donors (Lipinski definition) is 2. The Bertz CT molecular complexity index is 579. The van der Waals surface area contributed by atoms with Crippen LogP contribution in [0.3, 0.4) is 0 Å². The Morgan fingerprint density at radius 3 is 2.50 bits per heavy atom. The Balaban J connectivity index is 2.28. The first-order valence-corrected chi connectivity index (χ1v) is 5.12. The number of rotatable bonds is 2. The summed E-state index contributed by atoms with van der Waals surface area (Å²) in [7, 11) is 0. The average molecular weight is 249 g/mol. The smallest absolute Gasteiger partial charge is 0.262 e. The Morgan fingerprint density at radius 1 is 1.11 bits per heavy atom. The van der Waals surface area contributed by atoms with Gasteiger partial charge in [0.2, 0.25) is 0 Å². The van der Waals surface area contributed by atoms with Gasteiger partial charge in [-0.3, -0.25) is 4.79 Å². The molecule has 0 aliphatic heterocycles. The quantitative estimate of drug-likeness (QED) is 0.859. The number of phenols is 1. The molecule has 0 atom stereocenters. The van der Waals surface area contributed by atoms with Gasteiger partial charge < -0.3 is 10.4 Å². The minimum Gasteiger partial charge on any atom is -0.507 e. The molecule has 0 aliphatic carbocycles. The molecule has 2 aromatic carbocycles. The van der Waals surface area contributed by atoms with Crippen molar-refractivity contribution < 1.29 is 18.7 Å². The highest BCUT2D eigenvalue weighted by atomic mass is 19.1. The van der Waals surface area contributed by atoms with Crippen LogP contribution >= 0.6 is 0 Å². The van der Waals surface area contributed by atoms with E-state index in [0.29, 0.717) is 0 Å². The van der Waals surface area contributed by atoms with Crippen molar-refractivity contribution >= 4 is 11.6 Å². The normalized spacial score (nSPS) is 10.1. The van der Waals surface area contributed by atoms with Gasteiger partial charge in [-0.05, 0) is 30.3 Å².